The fraction of sp³-hybridized carbons (Fsp3) is 0.385. The lowest BCUT2D eigenvalue weighted by atomic mass is 10.0. The molecular weight excluding hydrogens is 218 g/mol. The van der Waals surface area contributed by atoms with Gasteiger partial charge in [0.05, 0.1) is 0 Å². The van der Waals surface area contributed by atoms with E-state index in [4.69, 9.17) is 4.74 Å². The Morgan fingerprint density at radius 2 is 1.82 bits per heavy atom. The quantitative estimate of drug-likeness (QED) is 0.840. The lowest BCUT2D eigenvalue weighted by Crippen LogP contribution is -2.39. The molecular formula is C13H17NO3. The average molecular weight is 235 g/mol. The number of carbonyl (C=O) groups excluding carboxylic acids is 2. The zero-order chi connectivity index (χ0) is 12.8. The van der Waals surface area contributed by atoms with Crippen LogP contribution in [0.5, 0.6) is 0 Å². The molecule has 1 amide bonds. The molecule has 0 aliphatic heterocycles. The molecule has 92 valence electrons. The van der Waals surface area contributed by atoms with Crippen molar-refractivity contribution in [1.29, 1.82) is 0 Å². The minimum absolute atomic E-state index is 0.104. The second kappa shape index (κ2) is 6.15. The summed E-state index contributed by atoms with van der Waals surface area (Å²) >= 11 is 0. The molecule has 0 radical (unpaired) electrons. The van der Waals surface area contributed by atoms with Crippen LogP contribution in [-0.2, 0) is 14.3 Å². The van der Waals surface area contributed by atoms with E-state index < -0.39 is 12.1 Å². The summed E-state index contributed by atoms with van der Waals surface area (Å²) in [6.45, 7) is 3.09. The Bertz CT molecular complexity index is 389. The number of hydrogen-bond acceptors (Lipinski definition) is 3. The van der Waals surface area contributed by atoms with Gasteiger partial charge in [-0.05, 0) is 19.4 Å². The van der Waals surface area contributed by atoms with Crippen molar-refractivity contribution in [3.8, 4) is 0 Å². The van der Waals surface area contributed by atoms with Crippen molar-refractivity contribution in [2.24, 2.45) is 0 Å². The van der Waals surface area contributed by atoms with Crippen LogP contribution < -0.4 is 5.32 Å². The summed E-state index contributed by atoms with van der Waals surface area (Å²) in [6, 6.07) is 8.53. The maximum atomic E-state index is 11.7. The van der Waals surface area contributed by atoms with E-state index in [-0.39, 0.29) is 11.7 Å². The van der Waals surface area contributed by atoms with E-state index in [1.165, 1.54) is 14.0 Å². The molecule has 0 saturated heterocycles. The first-order valence-corrected chi connectivity index (χ1v) is 5.44. The summed E-state index contributed by atoms with van der Waals surface area (Å²) in [4.78, 5) is 23.2. The molecule has 17 heavy (non-hydrogen) atoms. The molecule has 1 rings (SSSR count). The molecule has 0 aromatic heterocycles. The van der Waals surface area contributed by atoms with E-state index in [9.17, 15) is 9.59 Å². The van der Waals surface area contributed by atoms with Gasteiger partial charge in [-0.3, -0.25) is 9.59 Å². The van der Waals surface area contributed by atoms with E-state index in [0.29, 0.717) is 0 Å². The zero-order valence-corrected chi connectivity index (χ0v) is 10.3. The molecule has 1 N–H and O–H groups in total. The highest BCUT2D eigenvalue weighted by Gasteiger charge is 2.21. The van der Waals surface area contributed by atoms with Gasteiger partial charge in [0.25, 0.3) is 0 Å². The molecule has 0 aliphatic rings. The van der Waals surface area contributed by atoms with Gasteiger partial charge in [-0.25, -0.2) is 0 Å². The van der Waals surface area contributed by atoms with Crippen molar-refractivity contribution in [2.45, 2.75) is 26.0 Å². The van der Waals surface area contributed by atoms with Crippen molar-refractivity contribution in [2.75, 3.05) is 7.11 Å². The summed E-state index contributed by atoms with van der Waals surface area (Å²) in [7, 11) is 1.45. The summed E-state index contributed by atoms with van der Waals surface area (Å²) in [5.74, 6) is -0.399. The Balaban J connectivity index is 2.82. The standard InChI is InChI=1S/C13H17NO3/c1-9(15)12(11-7-5-4-6-8-11)14-13(16)10(2)17-3/h4-8,10,12H,1-3H3,(H,14,16). The average Bonchev–Trinajstić information content (AvgIpc) is 2.35. The first kappa shape index (κ1) is 13.4. The summed E-state index contributed by atoms with van der Waals surface area (Å²) in [5, 5.41) is 2.67. The molecule has 1 aromatic rings. The van der Waals surface area contributed by atoms with Crippen LogP contribution in [0.4, 0.5) is 0 Å². The molecule has 0 aliphatic carbocycles. The molecule has 4 heteroatoms. The Labute approximate surface area is 101 Å². The highest BCUT2D eigenvalue weighted by molar-refractivity contribution is 5.89. The Hall–Kier alpha value is -1.68. The van der Waals surface area contributed by atoms with Gasteiger partial charge in [0.1, 0.15) is 12.1 Å². The first-order valence-electron chi connectivity index (χ1n) is 5.44. The lowest BCUT2D eigenvalue weighted by molar-refractivity contribution is -0.133. The van der Waals surface area contributed by atoms with E-state index in [2.05, 4.69) is 5.32 Å². The fourth-order valence-corrected chi connectivity index (χ4v) is 1.43. The third-order valence-corrected chi connectivity index (χ3v) is 2.55. The lowest BCUT2D eigenvalue weighted by Gasteiger charge is -2.18. The summed E-state index contributed by atoms with van der Waals surface area (Å²) in [5.41, 5.74) is 0.775. The number of methoxy groups -OCH3 is 1. The molecule has 2 unspecified atom stereocenters. The molecule has 0 saturated carbocycles. The number of hydrogen-bond donors (Lipinski definition) is 1. The van der Waals surface area contributed by atoms with Crippen molar-refractivity contribution in [1.82, 2.24) is 5.32 Å². The molecule has 4 nitrogen and oxygen atoms in total. The molecule has 0 bridgehead atoms. The van der Waals surface area contributed by atoms with Gasteiger partial charge in [0.15, 0.2) is 5.78 Å². The van der Waals surface area contributed by atoms with Gasteiger partial charge >= 0.3 is 0 Å². The van der Waals surface area contributed by atoms with E-state index in [1.54, 1.807) is 6.92 Å². The maximum Gasteiger partial charge on any atom is 0.249 e. The van der Waals surface area contributed by atoms with Crippen LogP contribution in [0.15, 0.2) is 30.3 Å². The van der Waals surface area contributed by atoms with Gasteiger partial charge in [-0.1, -0.05) is 30.3 Å². The minimum atomic E-state index is -0.610. The van der Waals surface area contributed by atoms with Gasteiger partial charge in [-0.2, -0.15) is 0 Å². The van der Waals surface area contributed by atoms with Crippen molar-refractivity contribution in [3.63, 3.8) is 0 Å². The number of amides is 1. The SMILES string of the molecule is COC(C)C(=O)NC(C(C)=O)c1ccccc1. The van der Waals surface area contributed by atoms with Crippen LogP contribution in [0.25, 0.3) is 0 Å². The molecule has 1 aromatic carbocycles. The molecule has 0 spiro atoms. The predicted octanol–water partition coefficient (Wildman–Crippen LogP) is 1.47. The number of ketones is 1. The fourth-order valence-electron chi connectivity index (χ4n) is 1.43. The van der Waals surface area contributed by atoms with Crippen LogP contribution in [0, 0.1) is 0 Å². The molecule has 0 fully saturated rings. The second-order valence-electron chi connectivity index (χ2n) is 3.84. The van der Waals surface area contributed by atoms with Crippen molar-refractivity contribution in [3.05, 3.63) is 35.9 Å². The number of nitrogens with one attached hydrogen (secondary N) is 1. The molecule has 2 atom stereocenters. The van der Waals surface area contributed by atoms with E-state index in [0.717, 1.165) is 5.56 Å². The summed E-state index contributed by atoms with van der Waals surface area (Å²) in [6.07, 6.45) is -0.569. The number of ether oxygens (including phenoxy) is 1. The number of Topliss-reactive ketones (excluding diaryl/α,β-unsaturated/α-hetero) is 1. The first-order chi connectivity index (χ1) is 8.06. The van der Waals surface area contributed by atoms with Gasteiger partial charge in [0, 0.05) is 7.11 Å². The van der Waals surface area contributed by atoms with Gasteiger partial charge < -0.3 is 10.1 Å². The third-order valence-electron chi connectivity index (χ3n) is 2.55. The van der Waals surface area contributed by atoms with Crippen LogP contribution in [0.1, 0.15) is 25.5 Å². The summed E-state index contributed by atoms with van der Waals surface area (Å²) < 4.78 is 4.91. The highest BCUT2D eigenvalue weighted by atomic mass is 16.5. The van der Waals surface area contributed by atoms with Crippen molar-refractivity contribution >= 4 is 11.7 Å². The Kier molecular flexibility index (Phi) is 4.84. The van der Waals surface area contributed by atoms with E-state index >= 15 is 0 Å². The van der Waals surface area contributed by atoms with Crippen LogP contribution in [0.2, 0.25) is 0 Å². The van der Waals surface area contributed by atoms with Crippen LogP contribution in [-0.4, -0.2) is 24.9 Å². The third kappa shape index (κ3) is 3.67. The smallest absolute Gasteiger partial charge is 0.249 e. The maximum absolute atomic E-state index is 11.7. The van der Waals surface area contributed by atoms with Gasteiger partial charge in [0.2, 0.25) is 5.91 Å². The second-order valence-corrected chi connectivity index (χ2v) is 3.84. The highest BCUT2D eigenvalue weighted by Crippen LogP contribution is 2.13. The number of rotatable bonds is 5. The van der Waals surface area contributed by atoms with Gasteiger partial charge in [-0.15, -0.1) is 0 Å². The predicted molar refractivity (Wildman–Crippen MR) is 64.5 cm³/mol. The normalized spacial score (nSPS) is 13.8. The zero-order valence-electron chi connectivity index (χ0n) is 10.3. The number of benzene rings is 1. The van der Waals surface area contributed by atoms with Crippen molar-refractivity contribution < 1.29 is 14.3 Å². The minimum Gasteiger partial charge on any atom is -0.372 e. The Morgan fingerprint density at radius 1 is 1.24 bits per heavy atom. The van der Waals surface area contributed by atoms with Crippen LogP contribution in [0.3, 0.4) is 0 Å². The largest absolute Gasteiger partial charge is 0.372 e. The molecule has 0 heterocycles. The monoisotopic (exact) mass is 235 g/mol. The number of carbonyl (C=O) groups is 2. The Morgan fingerprint density at radius 3 is 2.29 bits per heavy atom. The van der Waals surface area contributed by atoms with E-state index in [1.807, 2.05) is 30.3 Å². The topological polar surface area (TPSA) is 55.4 Å². The van der Waals surface area contributed by atoms with Crippen LogP contribution >= 0.6 is 0 Å².